The zero-order valence-corrected chi connectivity index (χ0v) is 16.0. The summed E-state index contributed by atoms with van der Waals surface area (Å²) in [6, 6.07) is 11.2. The van der Waals surface area contributed by atoms with E-state index < -0.39 is 0 Å². The van der Waals surface area contributed by atoms with E-state index in [0.29, 0.717) is 22.5 Å². The smallest absolute Gasteiger partial charge is 0.244 e. The van der Waals surface area contributed by atoms with Crippen molar-refractivity contribution in [2.24, 2.45) is 0 Å². The number of carbonyl (C=O) groups is 1. The highest BCUT2D eigenvalue weighted by Crippen LogP contribution is 2.28. The number of anilines is 2. The van der Waals surface area contributed by atoms with Crippen LogP contribution in [0.4, 0.5) is 11.5 Å². The SMILES string of the molecule is Cc1ccc2nsnc2c1NC(=O)Cn1c(-c2nonc2N)nc2ccccc21. The Kier molecular flexibility index (Phi) is 3.95. The molecule has 5 aromatic rings. The van der Waals surface area contributed by atoms with E-state index in [4.69, 9.17) is 10.4 Å². The molecule has 0 spiro atoms. The third-order valence-electron chi connectivity index (χ3n) is 4.58. The predicted molar refractivity (Wildman–Crippen MR) is 108 cm³/mol. The van der Waals surface area contributed by atoms with E-state index in [1.807, 2.05) is 43.3 Å². The number of benzene rings is 2. The fourth-order valence-electron chi connectivity index (χ4n) is 3.20. The molecule has 0 aliphatic rings. The first kappa shape index (κ1) is 17.3. The molecule has 1 amide bonds. The maximum absolute atomic E-state index is 13.0. The van der Waals surface area contributed by atoms with E-state index in [-0.39, 0.29) is 24.0 Å². The van der Waals surface area contributed by atoms with Crippen LogP contribution in [0.15, 0.2) is 41.0 Å². The van der Waals surface area contributed by atoms with E-state index in [1.165, 1.54) is 0 Å². The quantitative estimate of drug-likeness (QED) is 0.464. The number of fused-ring (bicyclic) bond motifs is 2. The second-order valence-electron chi connectivity index (χ2n) is 6.45. The van der Waals surface area contributed by atoms with Crippen molar-refractivity contribution < 1.29 is 9.42 Å². The Balaban J connectivity index is 1.55. The highest BCUT2D eigenvalue weighted by Gasteiger charge is 2.21. The number of hydrogen-bond donors (Lipinski definition) is 2. The molecule has 29 heavy (non-hydrogen) atoms. The molecule has 3 aromatic heterocycles. The first-order valence-corrected chi connectivity index (χ1v) is 9.40. The van der Waals surface area contributed by atoms with Crippen molar-refractivity contribution in [3.8, 4) is 11.5 Å². The summed E-state index contributed by atoms with van der Waals surface area (Å²) in [6.07, 6.45) is 0. The summed E-state index contributed by atoms with van der Waals surface area (Å²) < 4.78 is 15.0. The molecule has 2 aromatic carbocycles. The van der Waals surface area contributed by atoms with Crippen LogP contribution in [0.1, 0.15) is 5.56 Å². The van der Waals surface area contributed by atoms with Gasteiger partial charge in [0.1, 0.15) is 17.6 Å². The van der Waals surface area contributed by atoms with Crippen LogP contribution in [0.5, 0.6) is 0 Å². The van der Waals surface area contributed by atoms with E-state index in [2.05, 4.69) is 29.4 Å². The van der Waals surface area contributed by atoms with Gasteiger partial charge in [-0.25, -0.2) is 9.61 Å². The van der Waals surface area contributed by atoms with Gasteiger partial charge in [-0.3, -0.25) is 4.79 Å². The lowest BCUT2D eigenvalue weighted by Crippen LogP contribution is -2.20. The van der Waals surface area contributed by atoms with Crippen LogP contribution in [0.2, 0.25) is 0 Å². The fraction of sp³-hybridized carbons (Fsp3) is 0.111. The number of aromatic nitrogens is 6. The third-order valence-corrected chi connectivity index (χ3v) is 5.13. The zero-order chi connectivity index (χ0) is 20.0. The van der Waals surface area contributed by atoms with E-state index in [1.54, 1.807) is 4.57 Å². The number of para-hydroxylation sites is 2. The summed E-state index contributed by atoms with van der Waals surface area (Å²) in [5, 5.41) is 10.4. The average Bonchev–Trinajstić information content (AvgIpc) is 3.43. The topological polar surface area (TPSA) is 138 Å². The van der Waals surface area contributed by atoms with Gasteiger partial charge in [-0.1, -0.05) is 18.2 Å². The van der Waals surface area contributed by atoms with Crippen LogP contribution in [-0.4, -0.2) is 34.5 Å². The maximum atomic E-state index is 13.0. The van der Waals surface area contributed by atoms with Gasteiger partial charge in [0.2, 0.25) is 5.91 Å². The molecular formula is C18H14N8O2S. The number of carbonyl (C=O) groups excluding carboxylic acids is 1. The molecule has 0 aliphatic carbocycles. The van der Waals surface area contributed by atoms with Crippen LogP contribution in [0.3, 0.4) is 0 Å². The Morgan fingerprint density at radius 3 is 2.86 bits per heavy atom. The average molecular weight is 406 g/mol. The van der Waals surface area contributed by atoms with Crippen molar-refractivity contribution in [2.45, 2.75) is 13.5 Å². The molecule has 0 saturated carbocycles. The van der Waals surface area contributed by atoms with Crippen LogP contribution in [0.25, 0.3) is 33.6 Å². The molecule has 0 aliphatic heterocycles. The lowest BCUT2D eigenvalue weighted by molar-refractivity contribution is -0.116. The molecule has 3 N–H and O–H groups in total. The summed E-state index contributed by atoms with van der Waals surface area (Å²) in [4.78, 5) is 17.5. The molecule has 0 saturated heterocycles. The van der Waals surface area contributed by atoms with Gasteiger partial charge in [-0.2, -0.15) is 8.75 Å². The van der Waals surface area contributed by atoms with Crippen molar-refractivity contribution in [1.29, 1.82) is 0 Å². The molecular weight excluding hydrogens is 392 g/mol. The minimum atomic E-state index is -0.243. The lowest BCUT2D eigenvalue weighted by atomic mass is 10.1. The first-order valence-electron chi connectivity index (χ1n) is 8.67. The minimum absolute atomic E-state index is 0.00442. The van der Waals surface area contributed by atoms with E-state index >= 15 is 0 Å². The van der Waals surface area contributed by atoms with Gasteiger partial charge in [-0.05, 0) is 41.0 Å². The number of hydrogen-bond acceptors (Lipinski definition) is 9. The summed E-state index contributed by atoms with van der Waals surface area (Å²) in [6.45, 7) is 1.91. The minimum Gasteiger partial charge on any atom is -0.379 e. The molecule has 0 fully saturated rings. The number of nitrogens with zero attached hydrogens (tertiary/aromatic N) is 6. The molecule has 0 unspecified atom stereocenters. The van der Waals surface area contributed by atoms with Crippen LogP contribution in [-0.2, 0) is 11.3 Å². The first-order chi connectivity index (χ1) is 14.1. The second kappa shape index (κ2) is 6.63. The maximum Gasteiger partial charge on any atom is 0.244 e. The van der Waals surface area contributed by atoms with E-state index in [9.17, 15) is 4.79 Å². The molecule has 3 heterocycles. The molecule has 0 radical (unpaired) electrons. The summed E-state index contributed by atoms with van der Waals surface area (Å²) in [5.74, 6) is 0.273. The number of nitrogen functional groups attached to an aromatic ring is 1. The number of nitrogens with two attached hydrogens (primary N) is 1. The Morgan fingerprint density at radius 2 is 2.03 bits per heavy atom. The zero-order valence-electron chi connectivity index (χ0n) is 15.2. The molecule has 5 rings (SSSR count). The van der Waals surface area contributed by atoms with Crippen molar-refractivity contribution >= 4 is 51.2 Å². The summed E-state index contributed by atoms with van der Waals surface area (Å²) in [7, 11) is 0. The molecule has 144 valence electrons. The van der Waals surface area contributed by atoms with Gasteiger partial charge in [0.05, 0.1) is 28.4 Å². The Bertz CT molecular complexity index is 1370. The number of nitrogens with one attached hydrogen (secondary N) is 1. The van der Waals surface area contributed by atoms with Crippen molar-refractivity contribution in [2.75, 3.05) is 11.1 Å². The van der Waals surface area contributed by atoms with Gasteiger partial charge in [0.25, 0.3) is 0 Å². The fourth-order valence-corrected chi connectivity index (χ4v) is 3.74. The van der Waals surface area contributed by atoms with Crippen molar-refractivity contribution in [3.05, 3.63) is 42.0 Å². The van der Waals surface area contributed by atoms with Gasteiger partial charge in [-0.15, -0.1) is 0 Å². The van der Waals surface area contributed by atoms with Gasteiger partial charge in [0.15, 0.2) is 17.3 Å². The van der Waals surface area contributed by atoms with Crippen molar-refractivity contribution in [1.82, 2.24) is 28.6 Å². The second-order valence-corrected chi connectivity index (χ2v) is 6.97. The van der Waals surface area contributed by atoms with Crippen LogP contribution in [0, 0.1) is 6.92 Å². The number of rotatable bonds is 4. The monoisotopic (exact) mass is 406 g/mol. The van der Waals surface area contributed by atoms with Crippen molar-refractivity contribution in [3.63, 3.8) is 0 Å². The highest BCUT2D eigenvalue weighted by atomic mass is 32.1. The van der Waals surface area contributed by atoms with Gasteiger partial charge < -0.3 is 15.6 Å². The largest absolute Gasteiger partial charge is 0.379 e. The third kappa shape index (κ3) is 2.88. The number of imidazole rings is 1. The number of aryl methyl sites for hydroxylation is 1. The van der Waals surface area contributed by atoms with Gasteiger partial charge in [0, 0.05) is 0 Å². The summed E-state index contributed by atoms with van der Waals surface area (Å²) in [5.41, 5.74) is 10.6. The standard InChI is InChI=1S/C18H14N8O2S/c1-9-6-7-11-15(25-29-24-11)14(9)21-13(27)8-26-12-5-3-2-4-10(12)20-18(26)16-17(19)23-28-22-16/h2-7H,8H2,1H3,(H2,19,23)(H,21,27). The Labute approximate surface area is 167 Å². The lowest BCUT2D eigenvalue weighted by Gasteiger charge is -2.11. The van der Waals surface area contributed by atoms with Crippen LogP contribution >= 0.6 is 11.7 Å². The molecule has 0 atom stereocenters. The molecule has 10 nitrogen and oxygen atoms in total. The Hall–Kier alpha value is -3.86. The molecule has 11 heteroatoms. The number of amides is 1. The molecule has 0 bridgehead atoms. The van der Waals surface area contributed by atoms with E-state index in [0.717, 1.165) is 28.3 Å². The predicted octanol–water partition coefficient (Wildman–Crippen LogP) is 2.62. The highest BCUT2D eigenvalue weighted by molar-refractivity contribution is 7.00. The summed E-state index contributed by atoms with van der Waals surface area (Å²) >= 11 is 1.11. The Morgan fingerprint density at radius 1 is 1.17 bits per heavy atom. The van der Waals surface area contributed by atoms with Crippen LogP contribution < -0.4 is 11.1 Å². The normalized spacial score (nSPS) is 11.3. The van der Waals surface area contributed by atoms with Gasteiger partial charge >= 0.3 is 0 Å².